The molecule has 1 rings (SSSR count). The molecule has 0 unspecified atom stereocenters. The van der Waals surface area contributed by atoms with Crippen LogP contribution in [0.1, 0.15) is 12.7 Å². The third-order valence-corrected chi connectivity index (χ3v) is 1.43. The van der Waals surface area contributed by atoms with Gasteiger partial charge in [-0.2, -0.15) is 28.1 Å². The molecule has 1 aromatic heterocycles. The lowest BCUT2D eigenvalue weighted by Crippen LogP contribution is -2.20. The molecule has 90 valence electrons. The van der Waals surface area contributed by atoms with Crippen LogP contribution in [-0.4, -0.2) is 34.3 Å². The smallest absolute Gasteiger partial charge is 0.422 e. The number of nitrogens with zero attached hydrogens (tertiary/aromatic N) is 3. The maximum absolute atomic E-state index is 11.9. The summed E-state index contributed by atoms with van der Waals surface area (Å²) in [6.45, 7) is 2.50. The van der Waals surface area contributed by atoms with E-state index in [4.69, 9.17) is 0 Å². The van der Waals surface area contributed by atoms with Gasteiger partial charge in [-0.3, -0.25) is 0 Å². The van der Waals surface area contributed by atoms with Gasteiger partial charge in [0.2, 0.25) is 5.95 Å². The second-order valence-electron chi connectivity index (χ2n) is 2.92. The summed E-state index contributed by atoms with van der Waals surface area (Å²) in [6.07, 6.45) is -4.40. The van der Waals surface area contributed by atoms with Crippen molar-refractivity contribution in [3.05, 3.63) is 5.82 Å². The van der Waals surface area contributed by atoms with Gasteiger partial charge in [0.05, 0.1) is 0 Å². The van der Waals surface area contributed by atoms with Crippen LogP contribution in [0.3, 0.4) is 0 Å². The van der Waals surface area contributed by atoms with Crippen LogP contribution in [0.4, 0.5) is 19.1 Å². The van der Waals surface area contributed by atoms with E-state index < -0.39 is 12.8 Å². The van der Waals surface area contributed by atoms with Gasteiger partial charge in [-0.25, -0.2) is 0 Å². The quantitative estimate of drug-likeness (QED) is 0.859. The zero-order chi connectivity index (χ0) is 12.2. The average molecular weight is 236 g/mol. The van der Waals surface area contributed by atoms with Crippen LogP contribution < -0.4 is 10.1 Å². The highest BCUT2D eigenvalue weighted by molar-refractivity contribution is 5.25. The van der Waals surface area contributed by atoms with E-state index in [2.05, 4.69) is 25.0 Å². The first-order chi connectivity index (χ1) is 7.40. The predicted octanol–water partition coefficient (Wildman–Crippen LogP) is 1.55. The number of hydrogen-bond donors (Lipinski definition) is 1. The molecule has 0 aliphatic carbocycles. The third-order valence-electron chi connectivity index (χ3n) is 1.43. The van der Waals surface area contributed by atoms with Gasteiger partial charge < -0.3 is 10.1 Å². The summed E-state index contributed by atoms with van der Waals surface area (Å²) in [4.78, 5) is 11.2. The van der Waals surface area contributed by atoms with Crippen molar-refractivity contribution >= 4 is 5.95 Å². The van der Waals surface area contributed by atoms with Gasteiger partial charge in [0.15, 0.2) is 6.61 Å². The number of alkyl halides is 3. The number of nitrogens with one attached hydrogen (secondary N) is 1. The van der Waals surface area contributed by atoms with Crippen LogP contribution in [0.2, 0.25) is 0 Å². The zero-order valence-corrected chi connectivity index (χ0v) is 8.80. The number of halogens is 3. The Morgan fingerprint density at radius 1 is 1.25 bits per heavy atom. The number of hydrogen-bond acceptors (Lipinski definition) is 5. The summed E-state index contributed by atoms with van der Waals surface area (Å²) in [5.74, 6) is 0.496. The van der Waals surface area contributed by atoms with Gasteiger partial charge in [-0.05, 0) is 13.8 Å². The van der Waals surface area contributed by atoms with Crippen molar-refractivity contribution in [1.82, 2.24) is 15.0 Å². The minimum atomic E-state index is -4.40. The Kier molecular flexibility index (Phi) is 3.86. The van der Waals surface area contributed by atoms with E-state index >= 15 is 0 Å². The van der Waals surface area contributed by atoms with E-state index in [9.17, 15) is 13.2 Å². The highest BCUT2D eigenvalue weighted by atomic mass is 19.4. The molecule has 0 saturated carbocycles. The molecule has 5 nitrogen and oxygen atoms in total. The molecule has 0 spiro atoms. The molecule has 0 amide bonds. The fourth-order valence-electron chi connectivity index (χ4n) is 0.905. The first-order valence-corrected chi connectivity index (χ1v) is 4.57. The lowest BCUT2D eigenvalue weighted by molar-refractivity contribution is -0.154. The Bertz CT molecular complexity index is 356. The number of anilines is 1. The summed E-state index contributed by atoms with van der Waals surface area (Å²) >= 11 is 0. The first-order valence-electron chi connectivity index (χ1n) is 4.57. The highest BCUT2D eigenvalue weighted by Crippen LogP contribution is 2.16. The van der Waals surface area contributed by atoms with Gasteiger partial charge in [0.25, 0.3) is 0 Å². The van der Waals surface area contributed by atoms with Crippen molar-refractivity contribution in [3.63, 3.8) is 0 Å². The van der Waals surface area contributed by atoms with Crippen LogP contribution in [-0.2, 0) is 0 Å². The molecule has 0 aliphatic rings. The Morgan fingerprint density at radius 3 is 2.50 bits per heavy atom. The maximum Gasteiger partial charge on any atom is 0.422 e. The van der Waals surface area contributed by atoms with Crippen LogP contribution in [0.5, 0.6) is 6.01 Å². The van der Waals surface area contributed by atoms with Crippen molar-refractivity contribution in [2.45, 2.75) is 20.0 Å². The summed E-state index contributed by atoms with van der Waals surface area (Å²) in [5, 5.41) is 2.76. The van der Waals surface area contributed by atoms with Crippen LogP contribution in [0, 0.1) is 6.92 Å². The standard InChI is InChI=1S/C8H11F3N4O/c1-3-12-6-13-5(2)14-7(15-6)16-4-8(9,10)11/h3-4H2,1-2H3,(H,12,13,14,15). The van der Waals surface area contributed by atoms with Crippen molar-refractivity contribution in [2.75, 3.05) is 18.5 Å². The molecular weight excluding hydrogens is 225 g/mol. The topological polar surface area (TPSA) is 59.9 Å². The Morgan fingerprint density at radius 2 is 1.94 bits per heavy atom. The van der Waals surface area contributed by atoms with Crippen LogP contribution >= 0.6 is 0 Å². The first kappa shape index (κ1) is 12.5. The molecule has 1 aromatic rings. The van der Waals surface area contributed by atoms with E-state index in [0.29, 0.717) is 12.4 Å². The normalized spacial score (nSPS) is 11.3. The minimum Gasteiger partial charge on any atom is -0.454 e. The van der Waals surface area contributed by atoms with Crippen molar-refractivity contribution in [1.29, 1.82) is 0 Å². The van der Waals surface area contributed by atoms with E-state index in [1.54, 1.807) is 6.92 Å². The Labute approximate surface area is 90.1 Å². The molecule has 8 heteroatoms. The SMILES string of the molecule is CCNc1nc(C)nc(OCC(F)(F)F)n1. The van der Waals surface area contributed by atoms with E-state index in [0.717, 1.165) is 0 Å². The van der Waals surface area contributed by atoms with Crippen LogP contribution in [0.15, 0.2) is 0 Å². The molecule has 0 fully saturated rings. The van der Waals surface area contributed by atoms with Gasteiger partial charge in [0, 0.05) is 6.54 Å². The second kappa shape index (κ2) is 4.95. The van der Waals surface area contributed by atoms with Gasteiger partial charge in [0.1, 0.15) is 5.82 Å². The zero-order valence-electron chi connectivity index (χ0n) is 8.80. The second-order valence-corrected chi connectivity index (χ2v) is 2.92. The van der Waals surface area contributed by atoms with Gasteiger partial charge in [-0.15, -0.1) is 0 Å². The van der Waals surface area contributed by atoms with Crippen LogP contribution in [0.25, 0.3) is 0 Å². The van der Waals surface area contributed by atoms with E-state index in [1.807, 2.05) is 6.92 Å². The number of aromatic nitrogens is 3. The number of aryl methyl sites for hydroxylation is 1. The van der Waals surface area contributed by atoms with Gasteiger partial charge in [-0.1, -0.05) is 0 Å². The van der Waals surface area contributed by atoms with Crippen molar-refractivity contribution < 1.29 is 17.9 Å². The summed E-state index contributed by atoms with van der Waals surface area (Å²) in [6, 6.07) is -0.333. The summed E-state index contributed by atoms with van der Waals surface area (Å²) < 4.78 is 40.0. The molecule has 0 aromatic carbocycles. The Hall–Kier alpha value is -1.60. The van der Waals surface area contributed by atoms with Crippen molar-refractivity contribution in [2.24, 2.45) is 0 Å². The van der Waals surface area contributed by atoms with E-state index in [1.165, 1.54) is 0 Å². The lowest BCUT2D eigenvalue weighted by Gasteiger charge is -2.09. The molecule has 1 N–H and O–H groups in total. The number of ether oxygens (including phenoxy) is 1. The molecular formula is C8H11F3N4O. The average Bonchev–Trinajstić information content (AvgIpc) is 2.13. The number of rotatable bonds is 4. The minimum absolute atomic E-state index is 0.201. The molecule has 0 aliphatic heterocycles. The molecule has 0 bridgehead atoms. The maximum atomic E-state index is 11.9. The summed E-state index contributed by atoms with van der Waals surface area (Å²) in [5.41, 5.74) is 0. The molecule has 1 heterocycles. The van der Waals surface area contributed by atoms with Gasteiger partial charge >= 0.3 is 12.2 Å². The van der Waals surface area contributed by atoms with Crippen molar-refractivity contribution in [3.8, 4) is 6.01 Å². The molecule has 0 saturated heterocycles. The Balaban J connectivity index is 2.72. The monoisotopic (exact) mass is 236 g/mol. The lowest BCUT2D eigenvalue weighted by atomic mass is 10.6. The van der Waals surface area contributed by atoms with E-state index in [-0.39, 0.29) is 12.0 Å². The highest BCUT2D eigenvalue weighted by Gasteiger charge is 2.29. The summed E-state index contributed by atoms with van der Waals surface area (Å²) in [7, 11) is 0. The molecule has 0 atom stereocenters. The predicted molar refractivity (Wildman–Crippen MR) is 50.3 cm³/mol. The fourth-order valence-corrected chi connectivity index (χ4v) is 0.905. The largest absolute Gasteiger partial charge is 0.454 e. The fraction of sp³-hybridized carbons (Fsp3) is 0.625. The molecule has 16 heavy (non-hydrogen) atoms. The third kappa shape index (κ3) is 4.28. The molecule has 0 radical (unpaired) electrons.